The molecule has 0 bridgehead atoms. The molecule has 36 heavy (non-hydrogen) atoms. The van der Waals surface area contributed by atoms with Crippen LogP contribution in [0.25, 0.3) is 0 Å². The number of benzene rings is 3. The third-order valence-electron chi connectivity index (χ3n) is 6.85. The Balaban J connectivity index is 1.71. The van der Waals surface area contributed by atoms with Crippen LogP contribution in [0.1, 0.15) is 26.3 Å². The average Bonchev–Trinajstić information content (AvgIpc) is 3.00. The summed E-state index contributed by atoms with van der Waals surface area (Å²) in [6.07, 6.45) is -0.233. The molecule has 3 aromatic carbocycles. The molecule has 0 aliphatic carbocycles. The zero-order chi connectivity index (χ0) is 25.6. The molecule has 1 aliphatic rings. The number of rotatable bonds is 8. The van der Waals surface area contributed by atoms with Gasteiger partial charge in [0.05, 0.1) is 31.9 Å². The summed E-state index contributed by atoms with van der Waals surface area (Å²) >= 11 is 0. The van der Waals surface area contributed by atoms with Crippen molar-refractivity contribution in [1.82, 2.24) is 10.2 Å². The van der Waals surface area contributed by atoms with Gasteiger partial charge in [0.1, 0.15) is 0 Å². The Morgan fingerprint density at radius 1 is 0.889 bits per heavy atom. The van der Waals surface area contributed by atoms with E-state index in [1.165, 1.54) is 10.4 Å². The molecule has 1 saturated heterocycles. The van der Waals surface area contributed by atoms with E-state index in [9.17, 15) is 4.79 Å². The molecule has 0 saturated carbocycles. The summed E-state index contributed by atoms with van der Waals surface area (Å²) in [7, 11) is -0.809. The second-order valence-electron chi connectivity index (χ2n) is 10.7. The van der Waals surface area contributed by atoms with Gasteiger partial charge in [-0.25, -0.2) is 0 Å². The molecule has 0 spiro atoms. The summed E-state index contributed by atoms with van der Waals surface area (Å²) in [4.78, 5) is 14.8. The maximum absolute atomic E-state index is 12.7. The number of ether oxygens (including phenoxy) is 1. The summed E-state index contributed by atoms with van der Waals surface area (Å²) in [5, 5.41) is 5.52. The van der Waals surface area contributed by atoms with Crippen molar-refractivity contribution in [2.24, 2.45) is 0 Å². The Kier molecular flexibility index (Phi) is 8.41. The molecule has 1 aliphatic heterocycles. The van der Waals surface area contributed by atoms with Crippen LogP contribution >= 0.6 is 0 Å². The predicted molar refractivity (Wildman–Crippen MR) is 148 cm³/mol. The number of nitrogens with one attached hydrogen (secondary N) is 1. The SMILES string of the molecule is CN1CC(=O)N[C@@H](COCc2ccccc2)[C@@H](O[Si](c2ccccc2)(c2ccccc2)C(C)(C)C)C1. The van der Waals surface area contributed by atoms with Gasteiger partial charge in [-0.1, -0.05) is 112 Å². The third kappa shape index (κ3) is 5.95. The van der Waals surface area contributed by atoms with E-state index in [4.69, 9.17) is 9.16 Å². The highest BCUT2D eigenvalue weighted by Crippen LogP contribution is 2.38. The minimum Gasteiger partial charge on any atom is -0.401 e. The fraction of sp³-hybridized carbons (Fsp3) is 0.367. The average molecular weight is 503 g/mol. The predicted octanol–water partition coefficient (Wildman–Crippen LogP) is 3.58. The summed E-state index contributed by atoms with van der Waals surface area (Å²) < 4.78 is 13.6. The topological polar surface area (TPSA) is 50.8 Å². The van der Waals surface area contributed by atoms with Crippen LogP contribution < -0.4 is 15.7 Å². The fourth-order valence-electron chi connectivity index (χ4n) is 5.15. The molecule has 1 amide bonds. The van der Waals surface area contributed by atoms with Crippen molar-refractivity contribution in [2.45, 2.75) is 44.6 Å². The molecular weight excluding hydrogens is 464 g/mol. The van der Waals surface area contributed by atoms with Crippen molar-refractivity contribution >= 4 is 24.6 Å². The van der Waals surface area contributed by atoms with E-state index in [0.717, 1.165) is 5.56 Å². The van der Waals surface area contributed by atoms with Gasteiger partial charge in [0.15, 0.2) is 0 Å². The minimum absolute atomic E-state index is 0.000594. The van der Waals surface area contributed by atoms with E-state index in [0.29, 0.717) is 26.3 Å². The van der Waals surface area contributed by atoms with Crippen molar-refractivity contribution in [2.75, 3.05) is 26.7 Å². The van der Waals surface area contributed by atoms with E-state index in [-0.39, 0.29) is 23.1 Å². The number of amides is 1. The lowest BCUT2D eigenvalue weighted by Crippen LogP contribution is -2.69. The largest absolute Gasteiger partial charge is 0.401 e. The number of nitrogens with zero attached hydrogens (tertiary/aromatic N) is 1. The van der Waals surface area contributed by atoms with Gasteiger partial charge >= 0.3 is 0 Å². The third-order valence-corrected chi connectivity index (χ3v) is 11.9. The monoisotopic (exact) mass is 502 g/mol. The van der Waals surface area contributed by atoms with E-state index in [1.807, 2.05) is 25.2 Å². The van der Waals surface area contributed by atoms with E-state index in [2.05, 4.69) is 104 Å². The van der Waals surface area contributed by atoms with Gasteiger partial charge in [0, 0.05) is 6.54 Å². The quantitative estimate of drug-likeness (QED) is 0.479. The highest BCUT2D eigenvalue weighted by Gasteiger charge is 2.52. The number of likely N-dealkylation sites (N-methyl/N-ethyl adjacent to an activating group) is 1. The molecule has 190 valence electrons. The Morgan fingerprint density at radius 3 is 1.94 bits per heavy atom. The van der Waals surface area contributed by atoms with Gasteiger partial charge in [-0.05, 0) is 28.0 Å². The van der Waals surface area contributed by atoms with Crippen LogP contribution in [0.3, 0.4) is 0 Å². The van der Waals surface area contributed by atoms with Crippen molar-refractivity contribution in [1.29, 1.82) is 0 Å². The lowest BCUT2D eigenvalue weighted by atomic mass is 10.1. The van der Waals surface area contributed by atoms with E-state index >= 15 is 0 Å². The van der Waals surface area contributed by atoms with Crippen LogP contribution in [0.15, 0.2) is 91.0 Å². The zero-order valence-electron chi connectivity index (χ0n) is 21.8. The molecule has 1 heterocycles. The molecule has 0 unspecified atom stereocenters. The first-order valence-corrected chi connectivity index (χ1v) is 14.6. The van der Waals surface area contributed by atoms with Crippen LogP contribution in [-0.2, 0) is 20.6 Å². The second kappa shape index (κ2) is 11.5. The normalized spacial score (nSPS) is 19.5. The first-order chi connectivity index (χ1) is 17.3. The van der Waals surface area contributed by atoms with Gasteiger partial charge in [-0.15, -0.1) is 0 Å². The summed E-state index contributed by atoms with van der Waals surface area (Å²) in [5.41, 5.74) is 1.11. The molecule has 5 nitrogen and oxygen atoms in total. The molecule has 3 aromatic rings. The minimum atomic E-state index is -2.79. The van der Waals surface area contributed by atoms with Crippen molar-refractivity contribution in [3.63, 3.8) is 0 Å². The van der Waals surface area contributed by atoms with E-state index in [1.54, 1.807) is 0 Å². The Hall–Kier alpha value is -2.77. The summed E-state index contributed by atoms with van der Waals surface area (Å²) in [6.45, 7) is 8.70. The Labute approximate surface area is 216 Å². The van der Waals surface area contributed by atoms with Gasteiger partial charge in [0.25, 0.3) is 8.32 Å². The number of hydrogen-bond acceptors (Lipinski definition) is 4. The first kappa shape index (κ1) is 26.3. The molecule has 6 heteroatoms. The van der Waals surface area contributed by atoms with E-state index < -0.39 is 8.32 Å². The highest BCUT2D eigenvalue weighted by molar-refractivity contribution is 6.99. The van der Waals surface area contributed by atoms with Crippen LogP contribution in [-0.4, -0.2) is 58.0 Å². The maximum atomic E-state index is 12.7. The maximum Gasteiger partial charge on any atom is 0.261 e. The molecule has 0 aromatic heterocycles. The summed E-state index contributed by atoms with van der Waals surface area (Å²) in [5.74, 6) is -0.000594. The van der Waals surface area contributed by atoms with Gasteiger partial charge in [0.2, 0.25) is 5.91 Å². The van der Waals surface area contributed by atoms with Crippen molar-refractivity contribution in [3.05, 3.63) is 96.6 Å². The first-order valence-electron chi connectivity index (χ1n) is 12.7. The lowest BCUT2D eigenvalue weighted by Gasteiger charge is -2.46. The van der Waals surface area contributed by atoms with Gasteiger partial charge in [-0.3, -0.25) is 9.69 Å². The number of hydrogen-bond donors (Lipinski definition) is 1. The van der Waals surface area contributed by atoms with Crippen LogP contribution in [0, 0.1) is 0 Å². The zero-order valence-corrected chi connectivity index (χ0v) is 22.8. The van der Waals surface area contributed by atoms with Gasteiger partial charge < -0.3 is 14.5 Å². The molecule has 1 fully saturated rings. The molecule has 1 N–H and O–H groups in total. The molecule has 2 atom stereocenters. The summed E-state index contributed by atoms with van der Waals surface area (Å²) in [6, 6.07) is 31.1. The molecule has 0 radical (unpaired) electrons. The van der Waals surface area contributed by atoms with Crippen molar-refractivity contribution in [3.8, 4) is 0 Å². The number of carbonyl (C=O) groups excluding carboxylic acids is 1. The van der Waals surface area contributed by atoms with Crippen molar-refractivity contribution < 1.29 is 14.0 Å². The Bertz CT molecular complexity index is 1060. The molecular formula is C30H38N2O3Si. The number of carbonyl (C=O) groups is 1. The lowest BCUT2D eigenvalue weighted by molar-refractivity contribution is -0.122. The Morgan fingerprint density at radius 2 is 1.42 bits per heavy atom. The van der Waals surface area contributed by atoms with Crippen LogP contribution in [0.2, 0.25) is 5.04 Å². The fourth-order valence-corrected chi connectivity index (χ4v) is 9.86. The smallest absolute Gasteiger partial charge is 0.261 e. The van der Waals surface area contributed by atoms with Crippen LogP contribution in [0.4, 0.5) is 0 Å². The standard InChI is InChI=1S/C30H38N2O3Si/c1-30(2,3)36(25-16-10-6-11-17-25,26-18-12-7-13-19-26)35-28-20-32(4)21-29(33)31-27(28)23-34-22-24-14-8-5-9-15-24/h5-19,27-28H,20-23H2,1-4H3,(H,31,33)/t27-,28-/m0/s1. The highest BCUT2D eigenvalue weighted by atomic mass is 28.4. The second-order valence-corrected chi connectivity index (χ2v) is 14.9. The van der Waals surface area contributed by atoms with Gasteiger partial charge in [-0.2, -0.15) is 0 Å². The molecule has 4 rings (SSSR count). The van der Waals surface area contributed by atoms with Crippen LogP contribution in [0.5, 0.6) is 0 Å².